The number of aliphatic carboxylic acids is 1. The Morgan fingerprint density at radius 2 is 2.08 bits per heavy atom. The Hall–Kier alpha value is -2.61. The van der Waals surface area contributed by atoms with Crippen LogP contribution in [0.15, 0.2) is 24.3 Å². The number of hydrogen-bond acceptors (Lipinski definition) is 4. The van der Waals surface area contributed by atoms with Gasteiger partial charge in [0.2, 0.25) is 0 Å². The zero-order valence-corrected chi connectivity index (χ0v) is 13.2. The van der Waals surface area contributed by atoms with E-state index in [4.69, 9.17) is 16.2 Å². The lowest BCUT2D eigenvalue weighted by atomic mass is 10.00. The van der Waals surface area contributed by atoms with Crippen molar-refractivity contribution < 1.29 is 19.8 Å². The average molecular weight is 334 g/mol. The number of nitrogen functional groups attached to an aromatic ring is 1. The molecule has 8 nitrogen and oxygen atoms in total. The van der Waals surface area contributed by atoms with Gasteiger partial charge in [-0.15, -0.1) is 0 Å². The predicted octanol–water partition coefficient (Wildman–Crippen LogP) is 0.653. The minimum Gasteiger partial charge on any atom is -0.481 e. The van der Waals surface area contributed by atoms with Crippen molar-refractivity contribution in [3.8, 4) is 0 Å². The molecule has 1 fully saturated rings. The minimum absolute atomic E-state index is 0.00552. The molecule has 1 saturated heterocycles. The van der Waals surface area contributed by atoms with E-state index >= 15 is 0 Å². The van der Waals surface area contributed by atoms with Crippen LogP contribution in [0.1, 0.15) is 36.5 Å². The van der Waals surface area contributed by atoms with Crippen molar-refractivity contribution >= 4 is 17.8 Å². The van der Waals surface area contributed by atoms with Crippen molar-refractivity contribution in [3.05, 3.63) is 35.4 Å². The van der Waals surface area contributed by atoms with E-state index in [0.717, 1.165) is 0 Å². The van der Waals surface area contributed by atoms with Gasteiger partial charge in [-0.05, 0) is 18.4 Å². The fourth-order valence-electron chi connectivity index (χ4n) is 2.76. The van der Waals surface area contributed by atoms with E-state index in [1.807, 2.05) is 0 Å². The van der Waals surface area contributed by atoms with Gasteiger partial charge in [0.25, 0.3) is 0 Å². The van der Waals surface area contributed by atoms with Gasteiger partial charge >= 0.3 is 12.0 Å². The van der Waals surface area contributed by atoms with Crippen molar-refractivity contribution in [2.45, 2.75) is 31.4 Å². The van der Waals surface area contributed by atoms with Crippen molar-refractivity contribution in [2.75, 3.05) is 13.1 Å². The first kappa shape index (κ1) is 17.7. The van der Waals surface area contributed by atoms with Crippen LogP contribution in [-0.2, 0) is 4.79 Å². The highest BCUT2D eigenvalue weighted by molar-refractivity contribution is 5.94. The molecule has 1 aliphatic rings. The number of hydrogen-bond donors (Lipinski definition) is 5. The molecule has 24 heavy (non-hydrogen) atoms. The van der Waals surface area contributed by atoms with E-state index in [2.05, 4.69) is 5.32 Å². The van der Waals surface area contributed by atoms with Gasteiger partial charge in [-0.3, -0.25) is 10.2 Å². The maximum absolute atomic E-state index is 11.8. The molecule has 0 aromatic heterocycles. The third-order valence-electron chi connectivity index (χ3n) is 4.08. The Morgan fingerprint density at radius 3 is 2.67 bits per heavy atom. The van der Waals surface area contributed by atoms with Crippen molar-refractivity contribution in [1.82, 2.24) is 10.2 Å². The molecule has 0 saturated carbocycles. The Bertz CT molecular complexity index is 617. The molecule has 0 radical (unpaired) electrons. The number of amides is 2. The van der Waals surface area contributed by atoms with Gasteiger partial charge in [0.1, 0.15) is 5.84 Å². The number of carbonyl (C=O) groups is 2. The standard InChI is InChI=1S/C16H22N4O4/c17-15(18)11-5-3-10(4-6-11)13(21)8-12-9-19-16(24)20(12)7-1-2-14(22)23/h3-6,12-13,21H,1-2,7-9H2,(H3,17,18)(H,19,24)(H,22,23). The van der Waals surface area contributed by atoms with Crippen LogP contribution in [0.2, 0.25) is 0 Å². The highest BCUT2D eigenvalue weighted by atomic mass is 16.4. The fourth-order valence-corrected chi connectivity index (χ4v) is 2.76. The largest absolute Gasteiger partial charge is 0.481 e. The number of nitrogens with two attached hydrogens (primary N) is 1. The number of benzene rings is 1. The Kier molecular flexibility index (Phi) is 5.75. The molecule has 1 aliphatic heterocycles. The lowest BCUT2D eigenvalue weighted by Gasteiger charge is -2.25. The van der Waals surface area contributed by atoms with E-state index in [1.54, 1.807) is 29.2 Å². The molecule has 0 bridgehead atoms. The number of nitrogens with zero attached hydrogens (tertiary/aromatic N) is 1. The summed E-state index contributed by atoms with van der Waals surface area (Å²) in [5.41, 5.74) is 6.67. The molecular weight excluding hydrogens is 312 g/mol. The summed E-state index contributed by atoms with van der Waals surface area (Å²) in [5.74, 6) is -0.928. The summed E-state index contributed by atoms with van der Waals surface area (Å²) in [7, 11) is 0. The molecule has 6 N–H and O–H groups in total. The predicted molar refractivity (Wildman–Crippen MR) is 87.8 cm³/mol. The van der Waals surface area contributed by atoms with E-state index in [1.165, 1.54) is 0 Å². The van der Waals surface area contributed by atoms with E-state index < -0.39 is 12.1 Å². The van der Waals surface area contributed by atoms with Crippen molar-refractivity contribution in [2.24, 2.45) is 5.73 Å². The number of rotatable bonds is 8. The Morgan fingerprint density at radius 1 is 1.42 bits per heavy atom. The van der Waals surface area contributed by atoms with E-state index in [0.29, 0.717) is 37.1 Å². The number of aliphatic hydroxyl groups is 1. The fraction of sp³-hybridized carbons (Fsp3) is 0.438. The molecular formula is C16H22N4O4. The zero-order valence-electron chi connectivity index (χ0n) is 13.2. The monoisotopic (exact) mass is 334 g/mol. The molecule has 2 amide bonds. The number of carbonyl (C=O) groups excluding carboxylic acids is 1. The third-order valence-corrected chi connectivity index (χ3v) is 4.08. The molecule has 130 valence electrons. The molecule has 2 atom stereocenters. The summed E-state index contributed by atoms with van der Waals surface area (Å²) in [6, 6.07) is 6.34. The number of aliphatic hydroxyl groups excluding tert-OH is 1. The quantitative estimate of drug-likeness (QED) is 0.351. The Labute approximate surface area is 139 Å². The summed E-state index contributed by atoms with van der Waals surface area (Å²) < 4.78 is 0. The van der Waals surface area contributed by atoms with Gasteiger partial charge in [-0.25, -0.2) is 4.79 Å². The van der Waals surface area contributed by atoms with Gasteiger partial charge in [0.15, 0.2) is 0 Å². The summed E-state index contributed by atoms with van der Waals surface area (Å²) in [4.78, 5) is 24.0. The van der Waals surface area contributed by atoms with Crippen LogP contribution in [0.25, 0.3) is 0 Å². The normalized spacial score (nSPS) is 18.3. The number of carboxylic acid groups (broad SMARTS) is 1. The molecule has 2 unspecified atom stereocenters. The second-order valence-corrected chi connectivity index (χ2v) is 5.82. The third kappa shape index (κ3) is 4.45. The van der Waals surface area contributed by atoms with Crippen LogP contribution >= 0.6 is 0 Å². The summed E-state index contributed by atoms with van der Waals surface area (Å²) >= 11 is 0. The lowest BCUT2D eigenvalue weighted by Crippen LogP contribution is -2.36. The number of urea groups is 1. The SMILES string of the molecule is N=C(N)c1ccc(C(O)CC2CNC(=O)N2CCCC(=O)O)cc1. The van der Waals surface area contributed by atoms with Crippen molar-refractivity contribution in [1.29, 1.82) is 5.41 Å². The first-order valence-corrected chi connectivity index (χ1v) is 7.77. The molecule has 1 aromatic rings. The van der Waals surface area contributed by atoms with Crippen LogP contribution in [-0.4, -0.2) is 52.1 Å². The lowest BCUT2D eigenvalue weighted by molar-refractivity contribution is -0.137. The van der Waals surface area contributed by atoms with Gasteiger partial charge in [-0.1, -0.05) is 24.3 Å². The molecule has 8 heteroatoms. The second kappa shape index (κ2) is 7.78. The first-order chi connectivity index (χ1) is 11.4. The number of amidine groups is 1. The number of carboxylic acids is 1. The highest BCUT2D eigenvalue weighted by Crippen LogP contribution is 2.23. The summed E-state index contributed by atoms with van der Waals surface area (Å²) in [6.45, 7) is 0.771. The van der Waals surface area contributed by atoms with Crippen LogP contribution in [0.4, 0.5) is 4.79 Å². The van der Waals surface area contributed by atoms with E-state index in [-0.39, 0.29) is 24.3 Å². The molecule has 1 aromatic carbocycles. The average Bonchev–Trinajstić information content (AvgIpc) is 2.87. The van der Waals surface area contributed by atoms with Crippen molar-refractivity contribution in [3.63, 3.8) is 0 Å². The van der Waals surface area contributed by atoms with E-state index in [9.17, 15) is 14.7 Å². The number of nitrogens with one attached hydrogen (secondary N) is 2. The maximum atomic E-state index is 11.8. The molecule has 0 spiro atoms. The highest BCUT2D eigenvalue weighted by Gasteiger charge is 2.32. The Balaban J connectivity index is 1.95. The van der Waals surface area contributed by atoms with Gasteiger partial charge in [0.05, 0.1) is 12.1 Å². The van der Waals surface area contributed by atoms with Gasteiger partial charge < -0.3 is 26.2 Å². The zero-order chi connectivity index (χ0) is 17.7. The van der Waals surface area contributed by atoms with Gasteiger partial charge in [-0.2, -0.15) is 0 Å². The smallest absolute Gasteiger partial charge is 0.317 e. The minimum atomic E-state index is -0.892. The molecule has 1 heterocycles. The van der Waals surface area contributed by atoms with Crippen LogP contribution < -0.4 is 11.1 Å². The maximum Gasteiger partial charge on any atom is 0.317 e. The topological polar surface area (TPSA) is 140 Å². The van der Waals surface area contributed by atoms with Crippen LogP contribution in [0.3, 0.4) is 0 Å². The summed E-state index contributed by atoms with van der Waals surface area (Å²) in [5, 5.41) is 29.2. The van der Waals surface area contributed by atoms with Crippen LogP contribution in [0, 0.1) is 5.41 Å². The molecule has 2 rings (SSSR count). The first-order valence-electron chi connectivity index (χ1n) is 7.77. The second-order valence-electron chi connectivity index (χ2n) is 5.82. The summed E-state index contributed by atoms with van der Waals surface area (Å²) in [6.07, 6.45) is -0.0231. The molecule has 0 aliphatic carbocycles. The van der Waals surface area contributed by atoms with Crippen LogP contribution in [0.5, 0.6) is 0 Å². The van der Waals surface area contributed by atoms with Gasteiger partial charge in [0, 0.05) is 25.1 Å².